The van der Waals surface area contributed by atoms with Gasteiger partial charge in [-0.05, 0) is 49.9 Å². The van der Waals surface area contributed by atoms with E-state index in [9.17, 15) is 4.79 Å². The molecule has 2 aliphatic rings. The van der Waals surface area contributed by atoms with Gasteiger partial charge in [-0.3, -0.25) is 4.79 Å². The highest BCUT2D eigenvalue weighted by Crippen LogP contribution is 2.29. The lowest BCUT2D eigenvalue weighted by Crippen LogP contribution is -2.48. The molecule has 0 spiro atoms. The predicted octanol–water partition coefficient (Wildman–Crippen LogP) is 3.34. The molecule has 6 nitrogen and oxygen atoms in total. The Bertz CT molecular complexity index is 753. The number of anilines is 1. The first-order valence-electron chi connectivity index (χ1n) is 8.79. The summed E-state index contributed by atoms with van der Waals surface area (Å²) in [6.45, 7) is 0.978. The van der Waals surface area contributed by atoms with Crippen LogP contribution in [0.5, 0.6) is 0 Å². The second-order valence-corrected chi connectivity index (χ2v) is 6.94. The van der Waals surface area contributed by atoms with Crippen LogP contribution < -0.4 is 11.1 Å². The number of amides is 1. The molecular formula is C18H25Cl2N5O. The van der Waals surface area contributed by atoms with Gasteiger partial charge in [0.25, 0.3) is 0 Å². The molecule has 0 atom stereocenters. The number of rotatable bonds is 3. The Morgan fingerprint density at radius 1 is 1.04 bits per heavy atom. The molecule has 1 saturated carbocycles. The second-order valence-electron chi connectivity index (χ2n) is 6.94. The van der Waals surface area contributed by atoms with Crippen LogP contribution in [-0.2, 0) is 17.8 Å². The minimum absolute atomic E-state index is 0. The van der Waals surface area contributed by atoms with Gasteiger partial charge in [-0.25, -0.2) is 0 Å². The lowest BCUT2D eigenvalue weighted by molar-refractivity contribution is -0.121. The van der Waals surface area contributed by atoms with Crippen LogP contribution in [0.3, 0.4) is 0 Å². The largest absolute Gasteiger partial charge is 0.324 e. The Kier molecular flexibility index (Phi) is 6.66. The van der Waals surface area contributed by atoms with E-state index in [-0.39, 0.29) is 30.7 Å². The third kappa shape index (κ3) is 3.87. The number of aromatic nitrogens is 3. The van der Waals surface area contributed by atoms with E-state index in [2.05, 4.69) is 20.1 Å². The monoisotopic (exact) mass is 397 g/mol. The molecule has 1 aliphatic carbocycles. The highest BCUT2D eigenvalue weighted by Gasteiger charge is 2.36. The summed E-state index contributed by atoms with van der Waals surface area (Å²) in [5, 5.41) is 11.6. The first-order valence-corrected chi connectivity index (χ1v) is 8.79. The average molecular weight is 398 g/mol. The van der Waals surface area contributed by atoms with Gasteiger partial charge in [0.05, 0.1) is 5.54 Å². The molecule has 2 heterocycles. The molecule has 1 fully saturated rings. The molecule has 1 amide bonds. The number of fused-ring (bicyclic) bond motifs is 1. The smallest absolute Gasteiger partial charge is 0.244 e. The van der Waals surface area contributed by atoms with Crippen molar-refractivity contribution in [3.63, 3.8) is 0 Å². The molecule has 0 bridgehead atoms. The highest BCUT2D eigenvalue weighted by atomic mass is 35.5. The van der Waals surface area contributed by atoms with E-state index in [0.717, 1.165) is 61.5 Å². The number of nitrogens with zero attached hydrogens (tertiary/aromatic N) is 3. The van der Waals surface area contributed by atoms with Gasteiger partial charge in [0, 0.05) is 24.2 Å². The van der Waals surface area contributed by atoms with E-state index in [4.69, 9.17) is 5.73 Å². The maximum atomic E-state index is 12.4. The molecule has 1 aromatic heterocycles. The quantitative estimate of drug-likeness (QED) is 0.831. The SMILES string of the molecule is Cl.Cl.NC1(C(=O)Nc2ccc(-c3nnc4n3CCCC4)cc2)CCCC1. The molecule has 8 heteroatoms. The number of benzene rings is 1. The molecule has 142 valence electrons. The van der Waals surface area contributed by atoms with Crippen molar-refractivity contribution in [2.45, 2.75) is 57.0 Å². The number of hydrogen-bond donors (Lipinski definition) is 2. The number of halogens is 2. The highest BCUT2D eigenvalue weighted by molar-refractivity contribution is 5.98. The zero-order valence-electron chi connectivity index (χ0n) is 14.6. The summed E-state index contributed by atoms with van der Waals surface area (Å²) >= 11 is 0. The summed E-state index contributed by atoms with van der Waals surface area (Å²) in [6, 6.07) is 7.80. The maximum absolute atomic E-state index is 12.4. The fourth-order valence-corrected chi connectivity index (χ4v) is 3.71. The summed E-state index contributed by atoms with van der Waals surface area (Å²) in [4.78, 5) is 12.4. The molecule has 4 rings (SSSR count). The topological polar surface area (TPSA) is 85.8 Å². The van der Waals surface area contributed by atoms with Crippen LogP contribution in [0.4, 0.5) is 5.69 Å². The van der Waals surface area contributed by atoms with Gasteiger partial charge in [0.1, 0.15) is 5.82 Å². The van der Waals surface area contributed by atoms with E-state index in [0.29, 0.717) is 0 Å². The molecule has 1 aromatic carbocycles. The lowest BCUT2D eigenvalue weighted by Gasteiger charge is -2.22. The minimum atomic E-state index is -0.704. The van der Waals surface area contributed by atoms with Gasteiger partial charge in [-0.2, -0.15) is 0 Å². The maximum Gasteiger partial charge on any atom is 0.244 e. The van der Waals surface area contributed by atoms with Crippen LogP contribution in [0.25, 0.3) is 11.4 Å². The summed E-state index contributed by atoms with van der Waals surface area (Å²) in [7, 11) is 0. The summed E-state index contributed by atoms with van der Waals surface area (Å²) in [5.74, 6) is 1.90. The van der Waals surface area contributed by atoms with E-state index in [1.54, 1.807) is 0 Å². The third-order valence-electron chi connectivity index (χ3n) is 5.21. The average Bonchev–Trinajstić information content (AvgIpc) is 3.23. The summed E-state index contributed by atoms with van der Waals surface area (Å²) in [6.07, 6.45) is 6.95. The molecular weight excluding hydrogens is 373 g/mol. The van der Waals surface area contributed by atoms with Crippen molar-refractivity contribution in [2.24, 2.45) is 5.73 Å². The Balaban J connectivity index is 0.00000121. The van der Waals surface area contributed by atoms with Crippen LogP contribution in [0.15, 0.2) is 24.3 Å². The number of carbonyl (C=O) groups is 1. The molecule has 26 heavy (non-hydrogen) atoms. The van der Waals surface area contributed by atoms with Gasteiger partial charge < -0.3 is 15.6 Å². The molecule has 0 saturated heterocycles. The third-order valence-corrected chi connectivity index (χ3v) is 5.21. The van der Waals surface area contributed by atoms with E-state index in [1.165, 1.54) is 12.8 Å². The van der Waals surface area contributed by atoms with Crippen molar-refractivity contribution in [2.75, 3.05) is 5.32 Å². The zero-order chi connectivity index (χ0) is 16.6. The van der Waals surface area contributed by atoms with Crippen molar-refractivity contribution in [3.8, 4) is 11.4 Å². The molecule has 0 unspecified atom stereocenters. The van der Waals surface area contributed by atoms with Gasteiger partial charge in [0.15, 0.2) is 5.82 Å². The summed E-state index contributed by atoms with van der Waals surface area (Å²) in [5.41, 5.74) is 7.30. The first-order chi connectivity index (χ1) is 11.7. The number of nitrogens with two attached hydrogens (primary N) is 1. The van der Waals surface area contributed by atoms with Crippen molar-refractivity contribution >= 4 is 36.4 Å². The van der Waals surface area contributed by atoms with Gasteiger partial charge >= 0.3 is 0 Å². The van der Waals surface area contributed by atoms with E-state index in [1.807, 2.05) is 24.3 Å². The molecule has 3 N–H and O–H groups in total. The normalized spacial score (nSPS) is 17.6. The predicted molar refractivity (Wildman–Crippen MR) is 107 cm³/mol. The Morgan fingerprint density at radius 2 is 1.73 bits per heavy atom. The first kappa shape index (κ1) is 20.7. The van der Waals surface area contributed by atoms with Crippen molar-refractivity contribution in [3.05, 3.63) is 30.1 Å². The van der Waals surface area contributed by atoms with Crippen molar-refractivity contribution in [1.82, 2.24) is 14.8 Å². The molecule has 0 radical (unpaired) electrons. The van der Waals surface area contributed by atoms with E-state index >= 15 is 0 Å². The van der Waals surface area contributed by atoms with Crippen molar-refractivity contribution in [1.29, 1.82) is 0 Å². The van der Waals surface area contributed by atoms with Gasteiger partial charge in [-0.1, -0.05) is 12.8 Å². The van der Waals surface area contributed by atoms with Crippen LogP contribution >= 0.6 is 24.8 Å². The van der Waals surface area contributed by atoms with Crippen LogP contribution in [0.2, 0.25) is 0 Å². The second kappa shape index (κ2) is 8.37. The molecule has 1 aliphatic heterocycles. The van der Waals surface area contributed by atoms with Gasteiger partial charge in [0.2, 0.25) is 5.91 Å². The van der Waals surface area contributed by atoms with Crippen LogP contribution in [-0.4, -0.2) is 26.2 Å². The van der Waals surface area contributed by atoms with Crippen molar-refractivity contribution < 1.29 is 4.79 Å². The minimum Gasteiger partial charge on any atom is -0.324 e. The van der Waals surface area contributed by atoms with E-state index < -0.39 is 5.54 Å². The fraction of sp³-hybridized carbons (Fsp3) is 0.500. The van der Waals surface area contributed by atoms with Crippen LogP contribution in [0, 0.1) is 0 Å². The Morgan fingerprint density at radius 3 is 2.42 bits per heavy atom. The zero-order valence-corrected chi connectivity index (χ0v) is 16.2. The Labute approximate surface area is 165 Å². The van der Waals surface area contributed by atoms with Gasteiger partial charge in [-0.15, -0.1) is 35.0 Å². The molecule has 2 aromatic rings. The number of hydrogen-bond acceptors (Lipinski definition) is 4. The fourth-order valence-electron chi connectivity index (χ4n) is 3.71. The number of nitrogens with one attached hydrogen (secondary N) is 1. The Hall–Kier alpha value is -1.63. The number of carbonyl (C=O) groups excluding carboxylic acids is 1. The number of aryl methyl sites for hydroxylation is 1. The summed E-state index contributed by atoms with van der Waals surface area (Å²) < 4.78 is 2.20. The lowest BCUT2D eigenvalue weighted by atomic mass is 9.98. The van der Waals surface area contributed by atoms with Crippen LogP contribution in [0.1, 0.15) is 44.3 Å². The standard InChI is InChI=1S/C18H23N5O.2ClH/c19-18(10-2-3-11-18)17(24)20-14-8-6-13(7-9-14)16-22-21-15-5-1-4-12-23(15)16;;/h6-9H,1-5,10-12,19H2,(H,20,24);2*1H.